The van der Waals surface area contributed by atoms with Gasteiger partial charge < -0.3 is 9.88 Å². The standard InChI is InChI=1S/C14H25N3/c1-4-13(7-12-5-6-12)16-9-14-8-15-10-17(14)11(2)3/h8,10-13,16H,4-7,9H2,1-3H3. The molecule has 0 aromatic carbocycles. The normalized spacial score (nSPS) is 17.6. The van der Waals surface area contributed by atoms with Crippen LogP contribution in [0, 0.1) is 5.92 Å². The monoisotopic (exact) mass is 235 g/mol. The molecule has 0 saturated heterocycles. The third kappa shape index (κ3) is 3.56. The SMILES string of the molecule is CCC(CC1CC1)NCc1cncn1C(C)C. The first kappa shape index (κ1) is 12.6. The molecule has 0 radical (unpaired) electrons. The molecule has 1 saturated carbocycles. The zero-order valence-corrected chi connectivity index (χ0v) is 11.3. The Morgan fingerprint density at radius 3 is 2.82 bits per heavy atom. The van der Waals surface area contributed by atoms with Gasteiger partial charge in [0.25, 0.3) is 0 Å². The summed E-state index contributed by atoms with van der Waals surface area (Å²) in [4.78, 5) is 4.24. The molecule has 1 heterocycles. The van der Waals surface area contributed by atoms with Crippen LogP contribution in [0.5, 0.6) is 0 Å². The van der Waals surface area contributed by atoms with E-state index in [0.717, 1.165) is 12.5 Å². The number of hydrogen-bond acceptors (Lipinski definition) is 2. The number of nitrogens with one attached hydrogen (secondary N) is 1. The summed E-state index contributed by atoms with van der Waals surface area (Å²) in [5.41, 5.74) is 1.30. The van der Waals surface area contributed by atoms with Crippen molar-refractivity contribution in [2.45, 2.75) is 65.1 Å². The molecule has 1 aliphatic rings. The lowest BCUT2D eigenvalue weighted by Crippen LogP contribution is -2.29. The van der Waals surface area contributed by atoms with Crippen molar-refractivity contribution in [3.63, 3.8) is 0 Å². The van der Waals surface area contributed by atoms with E-state index >= 15 is 0 Å². The second-order valence-corrected chi connectivity index (χ2v) is 5.55. The zero-order valence-electron chi connectivity index (χ0n) is 11.3. The van der Waals surface area contributed by atoms with Gasteiger partial charge in [-0.15, -0.1) is 0 Å². The molecule has 0 aliphatic heterocycles. The molecule has 17 heavy (non-hydrogen) atoms. The Labute approximate surface area is 105 Å². The Morgan fingerprint density at radius 1 is 1.47 bits per heavy atom. The minimum Gasteiger partial charge on any atom is -0.331 e. The van der Waals surface area contributed by atoms with Crippen LogP contribution in [0.25, 0.3) is 0 Å². The van der Waals surface area contributed by atoms with Gasteiger partial charge >= 0.3 is 0 Å². The summed E-state index contributed by atoms with van der Waals surface area (Å²) in [6.07, 6.45) is 9.39. The quantitative estimate of drug-likeness (QED) is 0.787. The van der Waals surface area contributed by atoms with Crippen LogP contribution in [0.1, 0.15) is 58.2 Å². The van der Waals surface area contributed by atoms with Crippen molar-refractivity contribution in [2.24, 2.45) is 5.92 Å². The molecule has 0 spiro atoms. The highest BCUT2D eigenvalue weighted by molar-refractivity contribution is 4.99. The summed E-state index contributed by atoms with van der Waals surface area (Å²) in [6.45, 7) is 7.63. The average molecular weight is 235 g/mol. The van der Waals surface area contributed by atoms with Gasteiger partial charge in [0, 0.05) is 24.8 Å². The predicted molar refractivity (Wildman–Crippen MR) is 70.9 cm³/mol. The van der Waals surface area contributed by atoms with Gasteiger partial charge in [-0.1, -0.05) is 19.8 Å². The number of imidazole rings is 1. The maximum Gasteiger partial charge on any atom is 0.0951 e. The van der Waals surface area contributed by atoms with Crippen molar-refractivity contribution < 1.29 is 0 Å². The summed E-state index contributed by atoms with van der Waals surface area (Å²) in [7, 11) is 0. The molecule has 1 N–H and O–H groups in total. The predicted octanol–water partition coefficient (Wildman–Crippen LogP) is 3.13. The van der Waals surface area contributed by atoms with Gasteiger partial charge in [0.1, 0.15) is 0 Å². The fraction of sp³-hybridized carbons (Fsp3) is 0.786. The largest absolute Gasteiger partial charge is 0.331 e. The Bertz CT molecular complexity index is 339. The van der Waals surface area contributed by atoms with E-state index < -0.39 is 0 Å². The van der Waals surface area contributed by atoms with Crippen LogP contribution >= 0.6 is 0 Å². The van der Waals surface area contributed by atoms with Gasteiger partial charge in [-0.05, 0) is 32.6 Å². The second-order valence-electron chi connectivity index (χ2n) is 5.55. The summed E-state index contributed by atoms with van der Waals surface area (Å²) in [5, 5.41) is 3.68. The third-order valence-electron chi connectivity index (χ3n) is 3.68. The maximum atomic E-state index is 4.24. The number of hydrogen-bond donors (Lipinski definition) is 1. The van der Waals surface area contributed by atoms with Crippen LogP contribution in [0.2, 0.25) is 0 Å². The van der Waals surface area contributed by atoms with Crippen LogP contribution < -0.4 is 5.32 Å². The molecule has 3 heteroatoms. The number of aromatic nitrogens is 2. The van der Waals surface area contributed by atoms with Crippen molar-refractivity contribution in [1.29, 1.82) is 0 Å². The third-order valence-corrected chi connectivity index (χ3v) is 3.68. The molecule has 1 unspecified atom stereocenters. The van der Waals surface area contributed by atoms with E-state index in [1.165, 1.54) is 31.4 Å². The second kappa shape index (κ2) is 5.67. The first-order valence-corrected chi connectivity index (χ1v) is 6.94. The van der Waals surface area contributed by atoms with Crippen molar-refractivity contribution in [3.05, 3.63) is 18.2 Å². The van der Waals surface area contributed by atoms with E-state index in [-0.39, 0.29) is 0 Å². The van der Waals surface area contributed by atoms with E-state index in [1.54, 1.807) is 0 Å². The fourth-order valence-electron chi connectivity index (χ4n) is 2.33. The first-order valence-electron chi connectivity index (χ1n) is 6.94. The minimum absolute atomic E-state index is 0.498. The lowest BCUT2D eigenvalue weighted by atomic mass is 10.1. The van der Waals surface area contributed by atoms with Gasteiger partial charge in [-0.2, -0.15) is 0 Å². The number of nitrogens with zero attached hydrogens (tertiary/aromatic N) is 2. The summed E-state index contributed by atoms with van der Waals surface area (Å²) < 4.78 is 2.25. The van der Waals surface area contributed by atoms with Gasteiger partial charge in [0.15, 0.2) is 0 Å². The Hall–Kier alpha value is -0.830. The minimum atomic E-state index is 0.498. The molecule has 0 amide bonds. The fourth-order valence-corrected chi connectivity index (χ4v) is 2.33. The molecule has 1 aromatic rings. The molecule has 1 fully saturated rings. The Kier molecular flexibility index (Phi) is 4.21. The van der Waals surface area contributed by atoms with Crippen molar-refractivity contribution >= 4 is 0 Å². The zero-order chi connectivity index (χ0) is 12.3. The molecule has 96 valence electrons. The van der Waals surface area contributed by atoms with Crippen LogP contribution in [-0.4, -0.2) is 15.6 Å². The Balaban J connectivity index is 1.84. The molecular weight excluding hydrogens is 210 g/mol. The van der Waals surface area contributed by atoms with Crippen LogP contribution in [0.4, 0.5) is 0 Å². The molecule has 1 aliphatic carbocycles. The van der Waals surface area contributed by atoms with E-state index in [2.05, 4.69) is 35.6 Å². The molecule has 1 atom stereocenters. The highest BCUT2D eigenvalue weighted by Crippen LogP contribution is 2.34. The molecule has 3 nitrogen and oxygen atoms in total. The summed E-state index contributed by atoms with van der Waals surface area (Å²) >= 11 is 0. The Morgan fingerprint density at radius 2 is 2.24 bits per heavy atom. The van der Waals surface area contributed by atoms with Crippen LogP contribution in [0.3, 0.4) is 0 Å². The van der Waals surface area contributed by atoms with Gasteiger partial charge in [-0.25, -0.2) is 4.98 Å². The van der Waals surface area contributed by atoms with E-state index in [0.29, 0.717) is 12.1 Å². The maximum absolute atomic E-state index is 4.24. The van der Waals surface area contributed by atoms with Gasteiger partial charge in [-0.3, -0.25) is 0 Å². The van der Waals surface area contributed by atoms with Crippen molar-refractivity contribution in [3.8, 4) is 0 Å². The highest BCUT2D eigenvalue weighted by atomic mass is 15.1. The average Bonchev–Trinajstić information content (AvgIpc) is 2.99. The molecule has 0 bridgehead atoms. The molecular formula is C14H25N3. The van der Waals surface area contributed by atoms with Crippen LogP contribution in [0.15, 0.2) is 12.5 Å². The van der Waals surface area contributed by atoms with Crippen molar-refractivity contribution in [1.82, 2.24) is 14.9 Å². The molecule has 1 aromatic heterocycles. The van der Waals surface area contributed by atoms with E-state index in [1.807, 2.05) is 12.5 Å². The smallest absolute Gasteiger partial charge is 0.0951 e. The first-order chi connectivity index (χ1) is 8.20. The summed E-state index contributed by atoms with van der Waals surface area (Å²) in [5.74, 6) is 1.00. The van der Waals surface area contributed by atoms with E-state index in [4.69, 9.17) is 0 Å². The van der Waals surface area contributed by atoms with E-state index in [9.17, 15) is 0 Å². The van der Waals surface area contributed by atoms with Crippen molar-refractivity contribution in [2.75, 3.05) is 0 Å². The van der Waals surface area contributed by atoms with Gasteiger partial charge in [0.2, 0.25) is 0 Å². The lowest BCUT2D eigenvalue weighted by molar-refractivity contribution is 0.432. The number of rotatable bonds is 7. The summed E-state index contributed by atoms with van der Waals surface area (Å²) in [6, 6.07) is 1.18. The lowest BCUT2D eigenvalue weighted by Gasteiger charge is -2.18. The topological polar surface area (TPSA) is 29.9 Å². The van der Waals surface area contributed by atoms with Gasteiger partial charge in [0.05, 0.1) is 12.0 Å². The highest BCUT2D eigenvalue weighted by Gasteiger charge is 2.24. The van der Waals surface area contributed by atoms with Crippen LogP contribution in [-0.2, 0) is 6.54 Å². The molecule has 2 rings (SSSR count).